The van der Waals surface area contributed by atoms with Crippen molar-refractivity contribution in [1.82, 2.24) is 5.32 Å². The Balaban J connectivity index is 0.00000200. The molecule has 1 saturated carbocycles. The van der Waals surface area contributed by atoms with E-state index in [0.717, 1.165) is 12.8 Å². The summed E-state index contributed by atoms with van der Waals surface area (Å²) >= 11 is 3.18. The number of amides is 1. The van der Waals surface area contributed by atoms with Gasteiger partial charge in [0.15, 0.2) is 0 Å². The van der Waals surface area contributed by atoms with Gasteiger partial charge in [0, 0.05) is 29.2 Å². The van der Waals surface area contributed by atoms with E-state index in [4.69, 9.17) is 5.73 Å². The first-order valence-electron chi connectivity index (χ1n) is 5.97. The molecule has 0 saturated heterocycles. The number of benzene rings is 1. The van der Waals surface area contributed by atoms with Crippen molar-refractivity contribution in [1.29, 1.82) is 0 Å². The molecule has 0 aliphatic heterocycles. The summed E-state index contributed by atoms with van der Waals surface area (Å²) in [5.74, 6) is 0.204. The van der Waals surface area contributed by atoms with Crippen molar-refractivity contribution in [3.8, 4) is 0 Å². The molecule has 0 heterocycles. The van der Waals surface area contributed by atoms with Gasteiger partial charge < -0.3 is 11.1 Å². The summed E-state index contributed by atoms with van der Waals surface area (Å²) in [5, 5.41) is 13.5. The van der Waals surface area contributed by atoms with E-state index in [0.29, 0.717) is 22.5 Å². The van der Waals surface area contributed by atoms with Crippen LogP contribution in [0.5, 0.6) is 0 Å². The largest absolute Gasteiger partial charge is 0.348 e. The highest BCUT2D eigenvalue weighted by Gasteiger charge is 2.31. The third-order valence-electron chi connectivity index (χ3n) is 3.17. The number of halogens is 2. The molecule has 1 amide bonds. The molecule has 1 aliphatic carbocycles. The number of rotatable bonds is 5. The Hall–Kier alpha value is -1.18. The number of carbonyl (C=O) groups is 1. The molecule has 0 bridgehead atoms. The Morgan fingerprint density at radius 1 is 1.55 bits per heavy atom. The van der Waals surface area contributed by atoms with E-state index in [1.54, 1.807) is 0 Å². The van der Waals surface area contributed by atoms with Crippen LogP contribution in [0.1, 0.15) is 23.2 Å². The third kappa shape index (κ3) is 3.91. The van der Waals surface area contributed by atoms with Gasteiger partial charge >= 0.3 is 0 Å². The minimum Gasteiger partial charge on any atom is -0.348 e. The molecule has 1 aromatic carbocycles. The Kier molecular flexibility index (Phi) is 5.91. The molecule has 0 radical (unpaired) electrons. The number of nitrogens with zero attached hydrogens (tertiary/aromatic N) is 1. The second kappa shape index (κ2) is 7.01. The minimum atomic E-state index is -0.501. The SMILES string of the molecule is Cl.NCC(NC(=O)c1ccc([N+](=O)[O-])cc1Br)C1CC1. The number of non-ortho nitro benzene ring substituents is 1. The maximum Gasteiger partial charge on any atom is 0.270 e. The lowest BCUT2D eigenvalue weighted by Crippen LogP contribution is -2.41. The van der Waals surface area contributed by atoms with Gasteiger partial charge in [-0.1, -0.05) is 0 Å². The summed E-state index contributed by atoms with van der Waals surface area (Å²) in [6.07, 6.45) is 2.17. The zero-order valence-corrected chi connectivity index (χ0v) is 12.9. The maximum absolute atomic E-state index is 12.1. The second-order valence-corrected chi connectivity index (χ2v) is 5.43. The highest BCUT2D eigenvalue weighted by atomic mass is 79.9. The molecule has 6 nitrogen and oxygen atoms in total. The van der Waals surface area contributed by atoms with Crippen LogP contribution in [0.25, 0.3) is 0 Å². The Labute approximate surface area is 130 Å². The average Bonchev–Trinajstić information content (AvgIpc) is 3.19. The molecule has 1 fully saturated rings. The number of nitrogens with one attached hydrogen (secondary N) is 1. The molecule has 0 spiro atoms. The fraction of sp³-hybridized carbons (Fsp3) is 0.417. The van der Waals surface area contributed by atoms with Crippen molar-refractivity contribution >= 4 is 39.9 Å². The lowest BCUT2D eigenvalue weighted by molar-refractivity contribution is -0.384. The fourth-order valence-electron chi connectivity index (χ4n) is 1.92. The lowest BCUT2D eigenvalue weighted by atomic mass is 10.1. The molecular formula is C12H15BrClN3O3. The van der Waals surface area contributed by atoms with Crippen LogP contribution in [0.3, 0.4) is 0 Å². The number of nitrogens with two attached hydrogens (primary N) is 1. The average molecular weight is 365 g/mol. The van der Waals surface area contributed by atoms with Crippen molar-refractivity contribution in [3.05, 3.63) is 38.3 Å². The number of nitro benzene ring substituents is 1. The van der Waals surface area contributed by atoms with Crippen LogP contribution in [0.4, 0.5) is 5.69 Å². The Bertz CT molecular complexity index is 523. The molecule has 110 valence electrons. The first kappa shape index (κ1) is 16.9. The van der Waals surface area contributed by atoms with Crippen molar-refractivity contribution < 1.29 is 9.72 Å². The van der Waals surface area contributed by atoms with Gasteiger partial charge in [0.05, 0.1) is 10.5 Å². The molecule has 20 heavy (non-hydrogen) atoms. The monoisotopic (exact) mass is 363 g/mol. The van der Waals surface area contributed by atoms with Crippen molar-refractivity contribution in [2.45, 2.75) is 18.9 Å². The topological polar surface area (TPSA) is 98.3 Å². The molecule has 2 rings (SSSR count). The molecule has 1 atom stereocenters. The van der Waals surface area contributed by atoms with E-state index in [2.05, 4.69) is 21.2 Å². The standard InChI is InChI=1S/C12H14BrN3O3.ClH/c13-10-5-8(16(18)19)3-4-9(10)12(17)15-11(6-14)7-1-2-7;/h3-5,7,11H,1-2,6,14H2,(H,15,17);1H. The van der Waals surface area contributed by atoms with Crippen molar-refractivity contribution in [2.24, 2.45) is 11.7 Å². The summed E-state index contributed by atoms with van der Waals surface area (Å²) in [4.78, 5) is 22.2. The zero-order valence-electron chi connectivity index (χ0n) is 10.5. The molecular weight excluding hydrogens is 350 g/mol. The molecule has 1 aliphatic rings. The van der Waals surface area contributed by atoms with Crippen LogP contribution in [0.15, 0.2) is 22.7 Å². The quantitative estimate of drug-likeness (QED) is 0.618. The van der Waals surface area contributed by atoms with E-state index in [-0.39, 0.29) is 30.0 Å². The summed E-state index contributed by atoms with van der Waals surface area (Å²) < 4.78 is 0.408. The predicted molar refractivity (Wildman–Crippen MR) is 81.1 cm³/mol. The van der Waals surface area contributed by atoms with E-state index in [1.165, 1.54) is 18.2 Å². The van der Waals surface area contributed by atoms with Crippen molar-refractivity contribution in [3.63, 3.8) is 0 Å². The number of hydrogen-bond donors (Lipinski definition) is 2. The fourth-order valence-corrected chi connectivity index (χ4v) is 2.46. The van der Waals surface area contributed by atoms with E-state index in [1.807, 2.05) is 0 Å². The minimum absolute atomic E-state index is 0. The molecule has 3 N–H and O–H groups in total. The van der Waals surface area contributed by atoms with Gasteiger partial charge in [-0.3, -0.25) is 14.9 Å². The third-order valence-corrected chi connectivity index (χ3v) is 3.83. The van der Waals surface area contributed by atoms with Gasteiger partial charge in [0.25, 0.3) is 11.6 Å². The van der Waals surface area contributed by atoms with Gasteiger partial charge in [-0.15, -0.1) is 12.4 Å². The summed E-state index contributed by atoms with van der Waals surface area (Å²) in [6.45, 7) is 0.404. The van der Waals surface area contributed by atoms with Gasteiger partial charge in [0.2, 0.25) is 0 Å². The smallest absolute Gasteiger partial charge is 0.270 e. The lowest BCUT2D eigenvalue weighted by Gasteiger charge is -2.16. The summed E-state index contributed by atoms with van der Waals surface area (Å²) in [6, 6.07) is 4.06. The molecule has 1 aromatic rings. The predicted octanol–water partition coefficient (Wildman–Crippen LogP) is 2.25. The van der Waals surface area contributed by atoms with Gasteiger partial charge in [0.1, 0.15) is 0 Å². The zero-order chi connectivity index (χ0) is 14.0. The number of nitro groups is 1. The van der Waals surface area contributed by atoms with Gasteiger partial charge in [-0.25, -0.2) is 0 Å². The molecule has 0 aromatic heterocycles. The second-order valence-electron chi connectivity index (χ2n) is 4.57. The first-order valence-corrected chi connectivity index (χ1v) is 6.77. The Morgan fingerprint density at radius 3 is 2.65 bits per heavy atom. The van der Waals surface area contributed by atoms with Gasteiger partial charge in [-0.2, -0.15) is 0 Å². The van der Waals surface area contributed by atoms with Crippen LogP contribution in [0.2, 0.25) is 0 Å². The number of carbonyl (C=O) groups excluding carboxylic acids is 1. The van der Waals surface area contributed by atoms with Gasteiger partial charge in [-0.05, 0) is 40.8 Å². The molecule has 8 heteroatoms. The van der Waals surface area contributed by atoms with Crippen LogP contribution >= 0.6 is 28.3 Å². The molecule has 1 unspecified atom stereocenters. The normalized spacial score (nSPS) is 15.1. The van der Waals surface area contributed by atoms with Crippen LogP contribution in [0, 0.1) is 16.0 Å². The van der Waals surface area contributed by atoms with E-state index in [9.17, 15) is 14.9 Å². The van der Waals surface area contributed by atoms with Crippen molar-refractivity contribution in [2.75, 3.05) is 6.54 Å². The van der Waals surface area contributed by atoms with Crippen LogP contribution in [-0.2, 0) is 0 Å². The highest BCUT2D eigenvalue weighted by molar-refractivity contribution is 9.10. The number of hydrogen-bond acceptors (Lipinski definition) is 4. The van der Waals surface area contributed by atoms with E-state index >= 15 is 0 Å². The summed E-state index contributed by atoms with van der Waals surface area (Å²) in [5.41, 5.74) is 5.95. The Morgan fingerprint density at radius 2 is 2.20 bits per heavy atom. The van der Waals surface area contributed by atoms with Crippen LogP contribution in [-0.4, -0.2) is 23.4 Å². The summed E-state index contributed by atoms with van der Waals surface area (Å²) in [7, 11) is 0. The highest BCUT2D eigenvalue weighted by Crippen LogP contribution is 2.32. The van der Waals surface area contributed by atoms with E-state index < -0.39 is 4.92 Å². The van der Waals surface area contributed by atoms with Crippen LogP contribution < -0.4 is 11.1 Å². The maximum atomic E-state index is 12.1. The first-order chi connectivity index (χ1) is 9.02.